The Kier molecular flexibility index (Phi) is 5.21. The van der Waals surface area contributed by atoms with E-state index in [0.717, 1.165) is 10.0 Å². The van der Waals surface area contributed by atoms with Crippen molar-refractivity contribution in [3.05, 3.63) is 34.1 Å². The summed E-state index contributed by atoms with van der Waals surface area (Å²) in [5.74, 6) is 0.728. The third kappa shape index (κ3) is 3.23. The lowest BCUT2D eigenvalue weighted by Crippen LogP contribution is -2.41. The molecule has 1 aliphatic heterocycles. The van der Waals surface area contributed by atoms with E-state index in [1.807, 2.05) is 13.1 Å². The van der Waals surface area contributed by atoms with Crippen LogP contribution >= 0.6 is 15.9 Å². The van der Waals surface area contributed by atoms with Gasteiger partial charge >= 0.3 is 0 Å². The minimum Gasteiger partial charge on any atom is -0.375 e. The Morgan fingerprint density at radius 3 is 2.55 bits per heavy atom. The lowest BCUT2D eigenvalue weighted by Gasteiger charge is -2.29. The first kappa shape index (κ1) is 15.9. The van der Waals surface area contributed by atoms with E-state index in [2.05, 4.69) is 42.0 Å². The van der Waals surface area contributed by atoms with Crippen molar-refractivity contribution >= 4 is 15.9 Å². The molecule has 0 bridgehead atoms. The Morgan fingerprint density at radius 2 is 2.00 bits per heavy atom. The number of likely N-dealkylation sites (N-methyl/N-ethyl adjacent to an activating group) is 1. The van der Waals surface area contributed by atoms with Crippen LogP contribution in [0.15, 0.2) is 22.7 Å². The number of hydrogen-bond donors (Lipinski definition) is 1. The van der Waals surface area contributed by atoms with E-state index >= 15 is 0 Å². The summed E-state index contributed by atoms with van der Waals surface area (Å²) in [4.78, 5) is 0. The Bertz CT molecular complexity index is 468. The summed E-state index contributed by atoms with van der Waals surface area (Å²) in [7, 11) is 1.95. The van der Waals surface area contributed by atoms with Gasteiger partial charge in [0.2, 0.25) is 0 Å². The minimum atomic E-state index is -0.138. The van der Waals surface area contributed by atoms with E-state index in [-0.39, 0.29) is 24.1 Å². The van der Waals surface area contributed by atoms with E-state index in [4.69, 9.17) is 4.74 Å². The van der Waals surface area contributed by atoms with Crippen molar-refractivity contribution in [2.75, 3.05) is 7.05 Å². The lowest BCUT2D eigenvalue weighted by molar-refractivity contribution is 0.0478. The summed E-state index contributed by atoms with van der Waals surface area (Å²) in [5, 5.41) is 3.36. The molecule has 1 fully saturated rings. The normalized spacial score (nSPS) is 31.5. The Labute approximate surface area is 129 Å². The molecule has 20 heavy (non-hydrogen) atoms. The highest BCUT2D eigenvalue weighted by molar-refractivity contribution is 9.10. The van der Waals surface area contributed by atoms with Crippen molar-refractivity contribution in [2.45, 2.75) is 45.4 Å². The number of nitrogens with one attached hydrogen (secondary N) is 1. The Morgan fingerprint density at radius 1 is 1.30 bits per heavy atom. The summed E-state index contributed by atoms with van der Waals surface area (Å²) in [6, 6.07) is 5.34. The van der Waals surface area contributed by atoms with Gasteiger partial charge < -0.3 is 10.1 Å². The standard InChI is InChI=1S/C16H23BrFNO/c1-9-10(2)20-11(3)16(9)15(19-4)8-12-7-13(17)5-6-14(12)18/h5-7,9-11,15-16,19H,8H2,1-4H3. The third-order valence-corrected chi connectivity index (χ3v) is 5.10. The van der Waals surface area contributed by atoms with Crippen LogP contribution in [-0.2, 0) is 11.2 Å². The molecule has 0 aromatic heterocycles. The van der Waals surface area contributed by atoms with Crippen LogP contribution in [0, 0.1) is 17.7 Å². The molecule has 1 N–H and O–H groups in total. The second-order valence-corrected chi connectivity index (χ2v) is 6.73. The Balaban J connectivity index is 2.19. The van der Waals surface area contributed by atoms with Gasteiger partial charge in [-0.1, -0.05) is 22.9 Å². The molecule has 112 valence electrons. The average Bonchev–Trinajstić information content (AvgIpc) is 2.65. The topological polar surface area (TPSA) is 21.3 Å². The molecular weight excluding hydrogens is 321 g/mol. The minimum absolute atomic E-state index is 0.138. The molecule has 0 radical (unpaired) electrons. The first-order valence-corrected chi connectivity index (χ1v) is 8.00. The summed E-state index contributed by atoms with van der Waals surface area (Å²) < 4.78 is 20.8. The van der Waals surface area contributed by atoms with Gasteiger partial charge in [0.05, 0.1) is 12.2 Å². The molecule has 2 rings (SSSR count). The van der Waals surface area contributed by atoms with Gasteiger partial charge in [-0.05, 0) is 57.0 Å². The Hall–Kier alpha value is -0.450. The van der Waals surface area contributed by atoms with Crippen LogP contribution in [0.3, 0.4) is 0 Å². The predicted octanol–water partition coefficient (Wildman–Crippen LogP) is 3.78. The molecule has 1 aromatic carbocycles. The molecule has 0 spiro atoms. The second-order valence-electron chi connectivity index (χ2n) is 5.82. The molecule has 1 aromatic rings. The highest BCUT2D eigenvalue weighted by Gasteiger charge is 2.41. The van der Waals surface area contributed by atoms with Gasteiger partial charge in [-0.3, -0.25) is 0 Å². The van der Waals surface area contributed by atoms with Crippen LogP contribution in [0.2, 0.25) is 0 Å². The zero-order valence-electron chi connectivity index (χ0n) is 12.5. The number of benzene rings is 1. The van der Waals surface area contributed by atoms with Gasteiger partial charge in [0.25, 0.3) is 0 Å². The third-order valence-electron chi connectivity index (χ3n) is 4.60. The van der Waals surface area contributed by atoms with Crippen molar-refractivity contribution < 1.29 is 9.13 Å². The van der Waals surface area contributed by atoms with Crippen molar-refractivity contribution in [1.82, 2.24) is 5.32 Å². The molecule has 0 amide bonds. The number of rotatable bonds is 4. The summed E-state index contributed by atoms with van der Waals surface area (Å²) in [6.45, 7) is 6.46. The molecule has 5 atom stereocenters. The molecule has 2 nitrogen and oxygen atoms in total. The zero-order valence-corrected chi connectivity index (χ0v) is 14.1. The van der Waals surface area contributed by atoms with Crippen LogP contribution in [0.5, 0.6) is 0 Å². The maximum absolute atomic E-state index is 13.9. The molecule has 0 aliphatic carbocycles. The molecule has 4 heteroatoms. The highest BCUT2D eigenvalue weighted by Crippen LogP contribution is 2.35. The van der Waals surface area contributed by atoms with E-state index < -0.39 is 0 Å². The molecule has 0 saturated carbocycles. The smallest absolute Gasteiger partial charge is 0.126 e. The molecule has 5 unspecified atom stereocenters. The van der Waals surface area contributed by atoms with Gasteiger partial charge in [0, 0.05) is 16.4 Å². The van der Waals surface area contributed by atoms with Crippen molar-refractivity contribution in [2.24, 2.45) is 11.8 Å². The van der Waals surface area contributed by atoms with Crippen LogP contribution in [0.4, 0.5) is 4.39 Å². The van der Waals surface area contributed by atoms with E-state index in [1.54, 1.807) is 6.07 Å². The highest BCUT2D eigenvalue weighted by atomic mass is 79.9. The summed E-state index contributed by atoms with van der Waals surface area (Å²) >= 11 is 3.41. The van der Waals surface area contributed by atoms with Gasteiger partial charge in [-0.25, -0.2) is 4.39 Å². The van der Waals surface area contributed by atoms with Crippen LogP contribution in [0.25, 0.3) is 0 Å². The fourth-order valence-corrected chi connectivity index (χ4v) is 3.76. The van der Waals surface area contributed by atoms with Gasteiger partial charge in [-0.2, -0.15) is 0 Å². The molecule has 1 heterocycles. The van der Waals surface area contributed by atoms with Gasteiger partial charge in [-0.15, -0.1) is 0 Å². The predicted molar refractivity (Wildman–Crippen MR) is 83.3 cm³/mol. The zero-order chi connectivity index (χ0) is 14.9. The lowest BCUT2D eigenvalue weighted by atomic mass is 9.81. The fourth-order valence-electron chi connectivity index (χ4n) is 3.35. The monoisotopic (exact) mass is 343 g/mol. The number of hydrogen-bond acceptors (Lipinski definition) is 2. The SMILES string of the molecule is CNC(Cc1cc(Br)ccc1F)C1C(C)OC(C)C1C. The van der Waals surface area contributed by atoms with E-state index in [9.17, 15) is 4.39 Å². The average molecular weight is 344 g/mol. The van der Waals surface area contributed by atoms with Gasteiger partial charge in [0.15, 0.2) is 0 Å². The summed E-state index contributed by atoms with van der Waals surface area (Å²) in [5.41, 5.74) is 0.748. The second kappa shape index (κ2) is 6.54. The molecule has 1 aliphatic rings. The first-order chi connectivity index (χ1) is 9.43. The van der Waals surface area contributed by atoms with Crippen molar-refractivity contribution in [3.8, 4) is 0 Å². The fraction of sp³-hybridized carbons (Fsp3) is 0.625. The number of halogens is 2. The quantitative estimate of drug-likeness (QED) is 0.898. The van der Waals surface area contributed by atoms with E-state index in [1.165, 1.54) is 6.07 Å². The van der Waals surface area contributed by atoms with Crippen molar-refractivity contribution in [1.29, 1.82) is 0 Å². The largest absolute Gasteiger partial charge is 0.375 e. The van der Waals surface area contributed by atoms with Crippen molar-refractivity contribution in [3.63, 3.8) is 0 Å². The first-order valence-electron chi connectivity index (χ1n) is 7.20. The molecular formula is C16H23BrFNO. The summed E-state index contributed by atoms with van der Waals surface area (Å²) in [6.07, 6.45) is 1.14. The maximum Gasteiger partial charge on any atom is 0.126 e. The maximum atomic E-state index is 13.9. The van der Waals surface area contributed by atoms with E-state index in [0.29, 0.717) is 18.3 Å². The van der Waals surface area contributed by atoms with Crippen LogP contribution in [-0.4, -0.2) is 25.3 Å². The number of ether oxygens (including phenoxy) is 1. The molecule has 1 saturated heterocycles. The van der Waals surface area contributed by atoms with Crippen LogP contribution < -0.4 is 5.32 Å². The van der Waals surface area contributed by atoms with Crippen LogP contribution in [0.1, 0.15) is 26.3 Å². The van der Waals surface area contributed by atoms with Gasteiger partial charge in [0.1, 0.15) is 5.82 Å².